The fraction of sp³-hybridized carbons (Fsp3) is 0.333. The van der Waals surface area contributed by atoms with Crippen molar-refractivity contribution in [2.24, 2.45) is 5.73 Å². The van der Waals surface area contributed by atoms with Crippen LogP contribution in [0.4, 0.5) is 0 Å². The van der Waals surface area contributed by atoms with Crippen molar-refractivity contribution in [2.45, 2.75) is 19.4 Å². The van der Waals surface area contributed by atoms with Crippen molar-refractivity contribution in [3.63, 3.8) is 0 Å². The molecule has 4 heteroatoms. The number of nitrogens with two attached hydrogens (primary N) is 1. The second kappa shape index (κ2) is 4.06. The van der Waals surface area contributed by atoms with Gasteiger partial charge in [0, 0.05) is 24.5 Å². The normalized spacial score (nSPS) is 11.7. The number of imidazole rings is 1. The molecule has 0 bridgehead atoms. The van der Waals surface area contributed by atoms with E-state index in [2.05, 4.69) is 28.4 Å². The van der Waals surface area contributed by atoms with Crippen LogP contribution in [0.15, 0.2) is 37.1 Å². The van der Waals surface area contributed by atoms with Crippen molar-refractivity contribution in [3.05, 3.63) is 37.1 Å². The van der Waals surface area contributed by atoms with E-state index < -0.39 is 0 Å². The fourth-order valence-electron chi connectivity index (χ4n) is 1.60. The Morgan fingerprint density at radius 2 is 2.12 bits per heavy atom. The minimum Gasteiger partial charge on any atom is -0.328 e. The smallest absolute Gasteiger partial charge is 0.0956 e. The van der Waals surface area contributed by atoms with E-state index in [0.29, 0.717) is 6.54 Å². The summed E-state index contributed by atoms with van der Waals surface area (Å²) in [7, 11) is 0. The van der Waals surface area contributed by atoms with E-state index in [1.165, 1.54) is 0 Å². The summed E-state index contributed by atoms with van der Waals surface area (Å²) >= 11 is 0. The van der Waals surface area contributed by atoms with Gasteiger partial charge in [0.15, 0.2) is 0 Å². The van der Waals surface area contributed by atoms with Crippen molar-refractivity contribution in [3.8, 4) is 11.3 Å². The van der Waals surface area contributed by atoms with Crippen LogP contribution < -0.4 is 5.73 Å². The number of hydrogen-bond donors (Lipinski definition) is 1. The molecule has 0 radical (unpaired) electrons. The average molecular weight is 216 g/mol. The summed E-state index contributed by atoms with van der Waals surface area (Å²) in [5, 5.41) is 0. The van der Waals surface area contributed by atoms with E-state index in [1.807, 2.05) is 30.9 Å². The first kappa shape index (κ1) is 10.8. The van der Waals surface area contributed by atoms with Crippen LogP contribution in [-0.4, -0.2) is 21.1 Å². The highest BCUT2D eigenvalue weighted by Crippen LogP contribution is 2.24. The average Bonchev–Trinajstić information content (AvgIpc) is 2.80. The van der Waals surface area contributed by atoms with Gasteiger partial charge in [-0.2, -0.15) is 0 Å². The zero-order valence-corrected chi connectivity index (χ0v) is 9.59. The first-order valence-corrected chi connectivity index (χ1v) is 5.28. The Hall–Kier alpha value is -1.68. The maximum Gasteiger partial charge on any atom is 0.0956 e. The van der Waals surface area contributed by atoms with Crippen LogP contribution >= 0.6 is 0 Å². The molecule has 2 aromatic rings. The molecule has 4 nitrogen and oxygen atoms in total. The molecule has 0 amide bonds. The lowest BCUT2D eigenvalue weighted by molar-refractivity contribution is 0.370. The van der Waals surface area contributed by atoms with Crippen molar-refractivity contribution in [1.82, 2.24) is 14.5 Å². The molecule has 0 saturated carbocycles. The maximum atomic E-state index is 5.78. The van der Waals surface area contributed by atoms with Crippen molar-refractivity contribution in [1.29, 1.82) is 0 Å². The summed E-state index contributed by atoms with van der Waals surface area (Å²) in [6, 6.07) is 3.94. The molecule has 2 aromatic heterocycles. The molecule has 0 aliphatic carbocycles. The second-order valence-corrected chi connectivity index (χ2v) is 4.41. The fourth-order valence-corrected chi connectivity index (χ4v) is 1.60. The second-order valence-electron chi connectivity index (χ2n) is 4.41. The van der Waals surface area contributed by atoms with Gasteiger partial charge in [0.05, 0.1) is 23.8 Å². The molecule has 0 fully saturated rings. The van der Waals surface area contributed by atoms with Gasteiger partial charge >= 0.3 is 0 Å². The Labute approximate surface area is 95.1 Å². The van der Waals surface area contributed by atoms with Gasteiger partial charge in [0.1, 0.15) is 0 Å². The Morgan fingerprint density at radius 1 is 1.31 bits per heavy atom. The molecule has 16 heavy (non-hydrogen) atoms. The summed E-state index contributed by atoms with van der Waals surface area (Å²) in [4.78, 5) is 8.31. The minimum absolute atomic E-state index is 0.137. The van der Waals surface area contributed by atoms with E-state index >= 15 is 0 Å². The van der Waals surface area contributed by atoms with E-state index in [4.69, 9.17) is 5.73 Å². The Morgan fingerprint density at radius 3 is 2.75 bits per heavy atom. The van der Waals surface area contributed by atoms with Gasteiger partial charge in [0.2, 0.25) is 0 Å². The van der Waals surface area contributed by atoms with Crippen molar-refractivity contribution >= 4 is 0 Å². The van der Waals surface area contributed by atoms with E-state index in [-0.39, 0.29) is 5.54 Å². The number of nitrogens with zero attached hydrogens (tertiary/aromatic N) is 3. The van der Waals surface area contributed by atoms with Crippen LogP contribution in [-0.2, 0) is 5.54 Å². The molecule has 0 aliphatic rings. The first-order chi connectivity index (χ1) is 7.65. The zero-order valence-electron chi connectivity index (χ0n) is 9.59. The standard InChI is InChI=1S/C12H16N4/c1-12(2,8-13)16-9-15-7-11(16)10-4-3-5-14-6-10/h3-7,9H,8,13H2,1-2H3. The number of rotatable bonds is 3. The molecule has 84 valence electrons. The third-order valence-electron chi connectivity index (χ3n) is 2.75. The summed E-state index contributed by atoms with van der Waals surface area (Å²) in [5.74, 6) is 0. The molecular weight excluding hydrogens is 200 g/mol. The lowest BCUT2D eigenvalue weighted by Gasteiger charge is -2.26. The molecular formula is C12H16N4. The first-order valence-electron chi connectivity index (χ1n) is 5.28. The third kappa shape index (κ3) is 1.84. The van der Waals surface area contributed by atoms with Crippen LogP contribution in [0.2, 0.25) is 0 Å². The maximum absolute atomic E-state index is 5.78. The molecule has 0 spiro atoms. The van der Waals surface area contributed by atoms with Crippen molar-refractivity contribution < 1.29 is 0 Å². The predicted molar refractivity (Wildman–Crippen MR) is 63.8 cm³/mol. The van der Waals surface area contributed by atoms with Crippen LogP contribution in [0.5, 0.6) is 0 Å². The van der Waals surface area contributed by atoms with Crippen LogP contribution in [0.25, 0.3) is 11.3 Å². The highest BCUT2D eigenvalue weighted by molar-refractivity contribution is 5.57. The van der Waals surface area contributed by atoms with Gasteiger partial charge < -0.3 is 10.3 Å². The summed E-state index contributed by atoms with van der Waals surface area (Å²) in [6.07, 6.45) is 7.25. The van der Waals surface area contributed by atoms with E-state index in [9.17, 15) is 0 Å². The predicted octanol–water partition coefficient (Wildman–Crippen LogP) is 1.64. The van der Waals surface area contributed by atoms with Crippen LogP contribution in [0.1, 0.15) is 13.8 Å². The molecule has 0 atom stereocenters. The lowest BCUT2D eigenvalue weighted by Crippen LogP contribution is -2.34. The quantitative estimate of drug-likeness (QED) is 0.848. The summed E-state index contributed by atoms with van der Waals surface area (Å²) in [5.41, 5.74) is 7.74. The number of aromatic nitrogens is 3. The minimum atomic E-state index is -0.137. The molecule has 0 saturated heterocycles. The molecule has 0 unspecified atom stereocenters. The largest absolute Gasteiger partial charge is 0.328 e. The lowest BCUT2D eigenvalue weighted by atomic mass is 10.0. The molecule has 2 heterocycles. The Bertz CT molecular complexity index is 459. The molecule has 0 aromatic carbocycles. The number of pyridine rings is 1. The highest BCUT2D eigenvalue weighted by Gasteiger charge is 2.21. The van der Waals surface area contributed by atoms with Gasteiger partial charge in [-0.15, -0.1) is 0 Å². The molecule has 0 aliphatic heterocycles. The number of hydrogen-bond acceptors (Lipinski definition) is 3. The van der Waals surface area contributed by atoms with Gasteiger partial charge in [-0.05, 0) is 26.0 Å². The summed E-state index contributed by atoms with van der Waals surface area (Å²) < 4.78 is 2.09. The Kier molecular flexibility index (Phi) is 2.75. The van der Waals surface area contributed by atoms with Crippen LogP contribution in [0, 0.1) is 0 Å². The Balaban J connectivity index is 2.49. The molecule has 2 N–H and O–H groups in total. The van der Waals surface area contributed by atoms with Crippen molar-refractivity contribution in [2.75, 3.05) is 6.54 Å². The zero-order chi connectivity index (χ0) is 11.6. The van der Waals surface area contributed by atoms with Gasteiger partial charge in [-0.25, -0.2) is 4.98 Å². The highest BCUT2D eigenvalue weighted by atomic mass is 15.1. The van der Waals surface area contributed by atoms with Gasteiger partial charge in [-0.1, -0.05) is 0 Å². The monoisotopic (exact) mass is 216 g/mol. The summed E-state index contributed by atoms with van der Waals surface area (Å²) in [6.45, 7) is 4.75. The van der Waals surface area contributed by atoms with Crippen LogP contribution in [0.3, 0.4) is 0 Å². The van der Waals surface area contributed by atoms with E-state index in [0.717, 1.165) is 11.3 Å². The van der Waals surface area contributed by atoms with E-state index in [1.54, 1.807) is 6.20 Å². The molecule has 2 rings (SSSR count). The SMILES string of the molecule is CC(C)(CN)n1cncc1-c1cccnc1. The van der Waals surface area contributed by atoms with Gasteiger partial charge in [0.25, 0.3) is 0 Å². The van der Waals surface area contributed by atoms with Gasteiger partial charge in [-0.3, -0.25) is 4.98 Å². The third-order valence-corrected chi connectivity index (χ3v) is 2.75. The topological polar surface area (TPSA) is 56.7 Å².